The molecule has 0 atom stereocenters. The number of likely N-dealkylation sites (tertiary alicyclic amines) is 1. The first-order valence-electron chi connectivity index (χ1n) is 6.21. The summed E-state index contributed by atoms with van der Waals surface area (Å²) in [5.74, 6) is 0. The molecule has 17 heavy (non-hydrogen) atoms. The van der Waals surface area contributed by atoms with E-state index in [-0.39, 0.29) is 0 Å². The maximum atomic E-state index is 5.56. The van der Waals surface area contributed by atoms with Gasteiger partial charge in [0.15, 0.2) is 0 Å². The van der Waals surface area contributed by atoms with E-state index in [0.29, 0.717) is 6.54 Å². The Morgan fingerprint density at radius 3 is 2.71 bits per heavy atom. The van der Waals surface area contributed by atoms with Gasteiger partial charge in [-0.15, -0.1) is 0 Å². The molecule has 0 radical (unpaired) electrons. The quantitative estimate of drug-likeness (QED) is 0.887. The van der Waals surface area contributed by atoms with Crippen LogP contribution in [0.3, 0.4) is 0 Å². The van der Waals surface area contributed by atoms with Gasteiger partial charge in [0, 0.05) is 24.5 Å². The summed E-state index contributed by atoms with van der Waals surface area (Å²) >= 11 is 2.00. The van der Waals surface area contributed by atoms with Crippen molar-refractivity contribution in [1.82, 2.24) is 9.88 Å². The predicted molar refractivity (Wildman–Crippen MR) is 73.9 cm³/mol. The van der Waals surface area contributed by atoms with Crippen LogP contribution in [0.2, 0.25) is 0 Å². The van der Waals surface area contributed by atoms with Gasteiger partial charge in [-0.1, -0.05) is 6.07 Å². The monoisotopic (exact) mass is 251 g/mol. The minimum Gasteiger partial charge on any atom is -0.326 e. The molecule has 1 saturated heterocycles. The highest BCUT2D eigenvalue weighted by Crippen LogP contribution is 2.21. The van der Waals surface area contributed by atoms with Crippen LogP contribution in [0.1, 0.15) is 24.1 Å². The van der Waals surface area contributed by atoms with Crippen LogP contribution in [-0.4, -0.2) is 34.5 Å². The third-order valence-electron chi connectivity index (χ3n) is 3.38. The Labute approximate surface area is 108 Å². The van der Waals surface area contributed by atoms with Crippen molar-refractivity contribution < 1.29 is 0 Å². The van der Waals surface area contributed by atoms with E-state index in [4.69, 9.17) is 5.73 Å². The van der Waals surface area contributed by atoms with Crippen molar-refractivity contribution in [3.8, 4) is 0 Å². The van der Waals surface area contributed by atoms with Gasteiger partial charge >= 0.3 is 0 Å². The first-order chi connectivity index (χ1) is 8.31. The van der Waals surface area contributed by atoms with Crippen LogP contribution < -0.4 is 5.73 Å². The van der Waals surface area contributed by atoms with Gasteiger partial charge in [0.25, 0.3) is 0 Å². The third-order valence-corrected chi connectivity index (χ3v) is 4.51. The van der Waals surface area contributed by atoms with Crippen LogP contribution in [0.25, 0.3) is 0 Å². The maximum absolute atomic E-state index is 5.56. The van der Waals surface area contributed by atoms with Crippen molar-refractivity contribution in [3.63, 3.8) is 0 Å². The van der Waals surface area contributed by atoms with Crippen LogP contribution in [-0.2, 0) is 13.1 Å². The fourth-order valence-corrected chi connectivity index (χ4v) is 2.88. The highest BCUT2D eigenvalue weighted by Gasteiger charge is 2.18. The SMILES string of the molecule is CSC1CCN(Cc2ccc(CN)cn2)CC1. The fraction of sp³-hybridized carbons (Fsp3) is 0.615. The lowest BCUT2D eigenvalue weighted by Crippen LogP contribution is -2.34. The molecule has 0 bridgehead atoms. The molecule has 3 nitrogen and oxygen atoms in total. The van der Waals surface area contributed by atoms with Gasteiger partial charge in [0.05, 0.1) is 5.69 Å². The summed E-state index contributed by atoms with van der Waals surface area (Å²) in [5.41, 5.74) is 7.83. The zero-order valence-electron chi connectivity index (χ0n) is 10.4. The molecule has 2 heterocycles. The number of thioether (sulfide) groups is 1. The number of rotatable bonds is 4. The molecule has 2 rings (SSSR count). The molecule has 0 saturated carbocycles. The summed E-state index contributed by atoms with van der Waals surface area (Å²) in [6.07, 6.45) is 6.72. The van der Waals surface area contributed by atoms with Crippen molar-refractivity contribution in [2.75, 3.05) is 19.3 Å². The van der Waals surface area contributed by atoms with Crippen molar-refractivity contribution in [2.24, 2.45) is 5.73 Å². The molecule has 0 aromatic carbocycles. The molecule has 0 amide bonds. The Bertz CT molecular complexity index is 331. The molecular weight excluding hydrogens is 230 g/mol. The van der Waals surface area contributed by atoms with Crippen LogP contribution in [0.4, 0.5) is 0 Å². The second kappa shape index (κ2) is 6.38. The van der Waals surface area contributed by atoms with Gasteiger partial charge in [-0.2, -0.15) is 11.8 Å². The number of piperidine rings is 1. The molecule has 1 aliphatic rings. The van der Waals surface area contributed by atoms with Gasteiger partial charge < -0.3 is 5.73 Å². The zero-order chi connectivity index (χ0) is 12.1. The van der Waals surface area contributed by atoms with Crippen molar-refractivity contribution in [2.45, 2.75) is 31.2 Å². The lowest BCUT2D eigenvalue weighted by atomic mass is 10.1. The van der Waals surface area contributed by atoms with Gasteiger partial charge in [-0.25, -0.2) is 0 Å². The van der Waals surface area contributed by atoms with E-state index in [2.05, 4.69) is 28.3 Å². The van der Waals surface area contributed by atoms with Gasteiger partial charge in [0.1, 0.15) is 0 Å². The Balaban J connectivity index is 1.84. The number of hydrogen-bond donors (Lipinski definition) is 1. The minimum absolute atomic E-state index is 0.576. The van der Waals surface area contributed by atoms with E-state index in [0.717, 1.165) is 23.1 Å². The minimum atomic E-state index is 0.576. The first-order valence-corrected chi connectivity index (χ1v) is 7.49. The standard InChI is InChI=1S/C13H21N3S/c1-17-13-4-6-16(7-5-13)10-12-3-2-11(8-14)9-15-12/h2-3,9,13H,4-8,10,14H2,1H3. The summed E-state index contributed by atoms with van der Waals surface area (Å²) in [5, 5.41) is 0.860. The second-order valence-corrected chi connectivity index (χ2v) is 5.71. The zero-order valence-corrected chi connectivity index (χ0v) is 11.2. The van der Waals surface area contributed by atoms with Crippen LogP contribution in [0, 0.1) is 0 Å². The number of nitrogens with zero attached hydrogens (tertiary/aromatic N) is 2. The van der Waals surface area contributed by atoms with E-state index < -0.39 is 0 Å². The molecule has 1 fully saturated rings. The Morgan fingerprint density at radius 1 is 1.41 bits per heavy atom. The van der Waals surface area contributed by atoms with E-state index in [1.165, 1.54) is 25.9 Å². The Morgan fingerprint density at radius 2 is 2.18 bits per heavy atom. The maximum Gasteiger partial charge on any atom is 0.0544 e. The fourth-order valence-electron chi connectivity index (χ4n) is 2.20. The van der Waals surface area contributed by atoms with Crippen LogP contribution >= 0.6 is 11.8 Å². The second-order valence-electron chi connectivity index (χ2n) is 4.57. The molecule has 0 spiro atoms. The highest BCUT2D eigenvalue weighted by atomic mass is 32.2. The Kier molecular flexibility index (Phi) is 4.83. The number of aromatic nitrogens is 1. The predicted octanol–water partition coefficient (Wildman–Crippen LogP) is 1.87. The van der Waals surface area contributed by atoms with Gasteiger partial charge in [0.2, 0.25) is 0 Å². The lowest BCUT2D eigenvalue weighted by Gasteiger charge is -2.30. The van der Waals surface area contributed by atoms with E-state index in [1.54, 1.807) is 0 Å². The third kappa shape index (κ3) is 3.69. The summed E-state index contributed by atoms with van der Waals surface area (Å²) in [4.78, 5) is 6.95. The average Bonchev–Trinajstić information content (AvgIpc) is 2.40. The lowest BCUT2D eigenvalue weighted by molar-refractivity contribution is 0.222. The highest BCUT2D eigenvalue weighted by molar-refractivity contribution is 7.99. The molecule has 1 aliphatic heterocycles. The average molecular weight is 251 g/mol. The van der Waals surface area contributed by atoms with Crippen molar-refractivity contribution in [3.05, 3.63) is 29.6 Å². The molecule has 4 heteroatoms. The molecule has 94 valence electrons. The normalized spacial score (nSPS) is 18.5. The van der Waals surface area contributed by atoms with Crippen LogP contribution in [0.15, 0.2) is 18.3 Å². The Hall–Kier alpha value is -0.580. The van der Waals surface area contributed by atoms with Crippen molar-refractivity contribution in [1.29, 1.82) is 0 Å². The summed E-state index contributed by atoms with van der Waals surface area (Å²) in [6, 6.07) is 4.18. The molecule has 1 aromatic heterocycles. The first kappa shape index (κ1) is 12.9. The van der Waals surface area contributed by atoms with Gasteiger partial charge in [-0.05, 0) is 43.8 Å². The number of pyridine rings is 1. The van der Waals surface area contributed by atoms with E-state index in [9.17, 15) is 0 Å². The summed E-state index contributed by atoms with van der Waals surface area (Å²) in [6.45, 7) is 3.95. The van der Waals surface area contributed by atoms with Gasteiger partial charge in [-0.3, -0.25) is 9.88 Å². The smallest absolute Gasteiger partial charge is 0.0544 e. The number of nitrogens with two attached hydrogens (primary N) is 1. The number of hydrogen-bond acceptors (Lipinski definition) is 4. The summed E-state index contributed by atoms with van der Waals surface area (Å²) < 4.78 is 0. The van der Waals surface area contributed by atoms with Crippen molar-refractivity contribution >= 4 is 11.8 Å². The molecule has 2 N–H and O–H groups in total. The molecule has 0 aliphatic carbocycles. The molecule has 0 unspecified atom stereocenters. The molecule has 1 aromatic rings. The van der Waals surface area contributed by atoms with Crippen LogP contribution in [0.5, 0.6) is 0 Å². The topological polar surface area (TPSA) is 42.1 Å². The summed E-state index contributed by atoms with van der Waals surface area (Å²) in [7, 11) is 0. The largest absolute Gasteiger partial charge is 0.326 e. The van der Waals surface area contributed by atoms with E-state index in [1.807, 2.05) is 18.0 Å². The molecular formula is C13H21N3S. The van der Waals surface area contributed by atoms with E-state index >= 15 is 0 Å².